The highest BCUT2D eigenvalue weighted by Gasteiger charge is 2.30. The van der Waals surface area contributed by atoms with Gasteiger partial charge in [0.05, 0.1) is 38.0 Å². The lowest BCUT2D eigenvalue weighted by Crippen LogP contribution is -2.03. The van der Waals surface area contributed by atoms with Gasteiger partial charge in [-0.1, -0.05) is 182 Å². The largest absolute Gasteiger partial charge is 0.248 e. The number of benzene rings is 9. The maximum Gasteiger partial charge on any atom is 0.161 e. The van der Waals surface area contributed by atoms with Crippen molar-refractivity contribution in [3.63, 3.8) is 0 Å². The van der Waals surface area contributed by atoms with Crippen LogP contribution in [0.25, 0.3) is 98.6 Å². The summed E-state index contributed by atoms with van der Waals surface area (Å²) < 4.78 is 2.25. The zero-order valence-corrected chi connectivity index (χ0v) is 34.6. The molecule has 0 unspecified atom stereocenters. The smallest absolute Gasteiger partial charge is 0.161 e. The molecule has 11 aromatic rings. The van der Waals surface area contributed by atoms with Gasteiger partial charge in [-0.3, -0.25) is 0 Å². The minimum Gasteiger partial charge on any atom is -0.248 e. The van der Waals surface area contributed by atoms with Crippen LogP contribution < -0.4 is 10.7 Å². The van der Waals surface area contributed by atoms with Crippen LogP contribution in [0.5, 0.6) is 0 Å². The fourth-order valence-corrected chi connectivity index (χ4v) is 10.9. The first-order valence-electron chi connectivity index (χ1n) is 21.2. The summed E-state index contributed by atoms with van der Waals surface area (Å²) in [5.41, 5.74) is 16.8. The van der Waals surface area contributed by atoms with Crippen molar-refractivity contribution < 1.29 is 0 Å². The van der Waals surface area contributed by atoms with Crippen molar-refractivity contribution in [2.45, 2.75) is 0 Å². The lowest BCUT2D eigenvalue weighted by molar-refractivity contribution is 1.24. The van der Waals surface area contributed by atoms with Gasteiger partial charge in [0.15, 0.2) is 5.82 Å². The molecule has 5 heteroatoms. The quantitative estimate of drug-likeness (QED) is 0.168. The average molecular weight is 819 g/mol. The number of aromatic nitrogens is 2. The number of hydrogen-bond acceptors (Lipinski definition) is 5. The van der Waals surface area contributed by atoms with E-state index in [0.717, 1.165) is 98.3 Å². The van der Waals surface area contributed by atoms with Crippen molar-refractivity contribution >= 4 is 43.0 Å². The number of para-hydroxylation sites is 1. The van der Waals surface area contributed by atoms with E-state index >= 15 is 0 Å². The van der Waals surface area contributed by atoms with E-state index in [1.165, 1.54) is 27.0 Å². The van der Waals surface area contributed by atoms with Crippen molar-refractivity contribution in [2.75, 3.05) is 0 Å². The summed E-state index contributed by atoms with van der Waals surface area (Å²) in [6.07, 6.45) is 0. The molecule has 9 aromatic carbocycles. The molecular weight excluding hydrogens is 785 g/mol. The molecule has 13 rings (SSSR count). The summed E-state index contributed by atoms with van der Waals surface area (Å²) in [6.45, 7) is 0. The van der Waals surface area contributed by atoms with Crippen LogP contribution in [0.3, 0.4) is 0 Å². The van der Waals surface area contributed by atoms with Crippen LogP contribution >= 0.6 is 11.3 Å². The molecule has 0 aliphatic carbocycles. The van der Waals surface area contributed by atoms with E-state index in [1.54, 1.807) is 11.3 Å². The molecule has 0 amide bonds. The van der Waals surface area contributed by atoms with E-state index in [1.807, 2.05) is 0 Å². The number of thiophene rings is 1. The first-order valence-corrected chi connectivity index (χ1v) is 22.0. The Bertz CT molecular complexity index is 3900. The van der Waals surface area contributed by atoms with Gasteiger partial charge in [0.25, 0.3) is 0 Å². The lowest BCUT2D eigenvalue weighted by Gasteiger charge is -2.19. The topological polar surface area (TPSA) is 50.5 Å². The maximum atomic E-state index is 5.72. The zero-order chi connectivity index (χ0) is 41.4. The highest BCUT2D eigenvalue weighted by atomic mass is 32.1. The number of hydrogen-bond donors (Lipinski definition) is 0. The van der Waals surface area contributed by atoms with Gasteiger partial charge in [-0.2, -0.15) is 0 Å². The molecule has 4 nitrogen and oxygen atoms in total. The summed E-state index contributed by atoms with van der Waals surface area (Å²) in [5, 5.41) is 5.23. The third-order valence-corrected chi connectivity index (χ3v) is 13.7. The molecule has 0 saturated carbocycles. The summed E-state index contributed by atoms with van der Waals surface area (Å²) in [5.74, 6) is 0.653. The second kappa shape index (κ2) is 14.2. The second-order valence-corrected chi connectivity index (χ2v) is 17.0. The molecule has 0 bridgehead atoms. The third-order valence-electron chi connectivity index (χ3n) is 12.5. The average Bonchev–Trinajstić information content (AvgIpc) is 4.06. The molecule has 0 saturated heterocycles. The zero-order valence-electron chi connectivity index (χ0n) is 33.8. The van der Waals surface area contributed by atoms with E-state index < -0.39 is 0 Å². The van der Waals surface area contributed by atoms with Crippen LogP contribution in [0.4, 0.5) is 11.4 Å². The molecule has 2 aromatic heterocycles. The van der Waals surface area contributed by atoms with Crippen molar-refractivity contribution in [1.82, 2.24) is 9.97 Å². The van der Waals surface area contributed by atoms with Gasteiger partial charge < -0.3 is 0 Å². The summed E-state index contributed by atoms with van der Waals surface area (Å²) in [4.78, 5) is 22.1. The summed E-state index contributed by atoms with van der Waals surface area (Å²) in [7, 11) is 0. The van der Waals surface area contributed by atoms with E-state index in [4.69, 9.17) is 20.0 Å². The van der Waals surface area contributed by atoms with E-state index in [-0.39, 0.29) is 0 Å². The Kier molecular flexibility index (Phi) is 8.05. The van der Waals surface area contributed by atoms with Crippen molar-refractivity contribution in [1.29, 1.82) is 0 Å². The molecule has 63 heavy (non-hydrogen) atoms. The minimum absolute atomic E-state index is 0.653. The van der Waals surface area contributed by atoms with Crippen LogP contribution in [0.15, 0.2) is 216 Å². The molecule has 0 N–H and O–H groups in total. The highest BCUT2D eigenvalue weighted by Crippen LogP contribution is 2.52. The SMILES string of the molecule is c1ccc(-c2ccccc2-c2ccccc2-c2ccc3c(c2-c2nc(-c4ccccc4)c4sc5c(-c6ccccc6)cccc5c4n2)-c2c4c(ccc2=N3)=c2ccccc2=N4)cc1. The van der Waals surface area contributed by atoms with Gasteiger partial charge in [-0.15, -0.1) is 11.3 Å². The molecule has 2 aliphatic heterocycles. The number of nitrogens with zero attached hydrogens (tertiary/aromatic N) is 4. The van der Waals surface area contributed by atoms with Crippen LogP contribution in [0.1, 0.15) is 0 Å². The fraction of sp³-hybridized carbons (Fsp3) is 0. The molecule has 292 valence electrons. The highest BCUT2D eigenvalue weighted by molar-refractivity contribution is 7.26. The maximum absolute atomic E-state index is 5.72. The molecule has 0 atom stereocenters. The van der Waals surface area contributed by atoms with E-state index in [0.29, 0.717) is 5.82 Å². The molecule has 0 radical (unpaired) electrons. The first kappa shape index (κ1) is 35.6. The normalized spacial score (nSPS) is 12.1. The minimum atomic E-state index is 0.653. The van der Waals surface area contributed by atoms with Gasteiger partial charge in [0.1, 0.15) is 0 Å². The van der Waals surface area contributed by atoms with Gasteiger partial charge in [0.2, 0.25) is 0 Å². The third kappa shape index (κ3) is 5.60. The van der Waals surface area contributed by atoms with Crippen molar-refractivity contribution in [2.24, 2.45) is 9.98 Å². The van der Waals surface area contributed by atoms with Gasteiger partial charge in [0, 0.05) is 42.8 Å². The summed E-state index contributed by atoms with van der Waals surface area (Å²) in [6, 6.07) is 73.1. The van der Waals surface area contributed by atoms with Crippen LogP contribution in [0.2, 0.25) is 0 Å². The Morgan fingerprint density at radius 2 is 0.937 bits per heavy atom. The molecule has 2 aliphatic rings. The predicted molar refractivity (Wildman–Crippen MR) is 259 cm³/mol. The predicted octanol–water partition coefficient (Wildman–Crippen LogP) is 14.3. The van der Waals surface area contributed by atoms with E-state index in [2.05, 4.69) is 206 Å². The molecule has 0 fully saturated rings. The van der Waals surface area contributed by atoms with Crippen molar-refractivity contribution in [3.8, 4) is 78.3 Å². The van der Waals surface area contributed by atoms with Crippen LogP contribution in [0, 0.1) is 10.4 Å². The Morgan fingerprint density at radius 3 is 1.68 bits per heavy atom. The number of fused-ring (bicyclic) bond motifs is 9. The van der Waals surface area contributed by atoms with Crippen LogP contribution in [-0.4, -0.2) is 9.97 Å². The first-order chi connectivity index (χ1) is 31.3. The van der Waals surface area contributed by atoms with E-state index in [9.17, 15) is 0 Å². The Balaban J connectivity index is 1.16. The number of rotatable bonds is 6. The summed E-state index contributed by atoms with van der Waals surface area (Å²) >= 11 is 1.77. The van der Waals surface area contributed by atoms with Crippen LogP contribution in [-0.2, 0) is 0 Å². The van der Waals surface area contributed by atoms with Gasteiger partial charge in [-0.05, 0) is 68.8 Å². The Morgan fingerprint density at radius 1 is 0.333 bits per heavy atom. The standard InChI is InChI=1S/C58H34N4S/c1-4-17-35(18-5-1)38-23-10-11-24-40(38)41-25-12-13-26-42(41)44-31-33-48-51(52-49(59-48)34-32-45-43-27-14-15-30-47(43)60-54(45)52)50(44)58-61-53(37-21-8-3-9-22-37)57-55(62-58)46-29-16-28-39(56(46)63-57)36-19-6-2-7-20-36/h1-34H. The lowest BCUT2D eigenvalue weighted by atomic mass is 9.85. The Labute approximate surface area is 366 Å². The van der Waals surface area contributed by atoms with Crippen molar-refractivity contribution in [3.05, 3.63) is 227 Å². The molecular formula is C58H34N4S. The Hall–Kier alpha value is -8.12. The molecule has 0 spiro atoms. The molecule has 4 heterocycles. The van der Waals surface area contributed by atoms with Gasteiger partial charge >= 0.3 is 0 Å². The second-order valence-electron chi connectivity index (χ2n) is 16.0. The fourth-order valence-electron chi connectivity index (χ4n) is 9.65. The monoisotopic (exact) mass is 818 g/mol. The van der Waals surface area contributed by atoms with Gasteiger partial charge in [-0.25, -0.2) is 20.0 Å².